The minimum atomic E-state index is -2.86. The van der Waals surface area contributed by atoms with Gasteiger partial charge in [-0.2, -0.15) is 5.10 Å². The van der Waals surface area contributed by atoms with Gasteiger partial charge in [-0.1, -0.05) is 44.5 Å². The SMILES string of the molecule is [2H]C([2H])([2H])n1nc2nc1-c1cc(ccc1F)Oc1c(F)cc3[nH]ccc3c1CCC(=O)N(C)CC(C)(C)CCCC2(C)c1cccc(CCC(=O)O)c1. The average Bonchev–Trinajstić information content (AvgIpc) is 3.75. The van der Waals surface area contributed by atoms with Crippen molar-refractivity contribution in [3.63, 3.8) is 0 Å². The van der Waals surface area contributed by atoms with E-state index in [1.54, 1.807) is 24.2 Å². The van der Waals surface area contributed by atoms with Crippen molar-refractivity contribution in [2.45, 2.75) is 71.1 Å². The monoisotopic (exact) mass is 686 g/mol. The number of benzene rings is 3. The van der Waals surface area contributed by atoms with Gasteiger partial charge in [-0.3, -0.25) is 9.59 Å². The molecular weight excluding hydrogens is 640 g/mol. The van der Waals surface area contributed by atoms with Crippen LogP contribution in [0.4, 0.5) is 8.78 Å². The fourth-order valence-electron chi connectivity index (χ4n) is 7.02. The zero-order chi connectivity index (χ0) is 38.3. The van der Waals surface area contributed by atoms with Gasteiger partial charge in [0.1, 0.15) is 11.6 Å². The number of hydrogen-bond donors (Lipinski definition) is 2. The number of hydrogen-bond acceptors (Lipinski definition) is 5. The van der Waals surface area contributed by atoms with Gasteiger partial charge in [-0.05, 0) is 73.4 Å². The summed E-state index contributed by atoms with van der Waals surface area (Å²) in [6, 6.07) is 14.2. The molecule has 11 heteroatoms. The number of aromatic nitrogens is 4. The number of ether oxygens (including phenoxy) is 1. The Morgan fingerprint density at radius 3 is 2.68 bits per heavy atom. The molecule has 3 heterocycles. The maximum absolute atomic E-state index is 15.8. The Kier molecular flexibility index (Phi) is 8.47. The lowest BCUT2D eigenvalue weighted by Gasteiger charge is -2.33. The smallest absolute Gasteiger partial charge is 0.303 e. The van der Waals surface area contributed by atoms with Crippen LogP contribution in [0.1, 0.15) is 79.5 Å². The van der Waals surface area contributed by atoms with Crippen LogP contribution in [0.3, 0.4) is 0 Å². The molecule has 4 bridgehead atoms. The fourth-order valence-corrected chi connectivity index (χ4v) is 7.02. The number of fused-ring (bicyclic) bond motifs is 8. The van der Waals surface area contributed by atoms with Gasteiger partial charge in [0, 0.05) is 66.3 Å². The van der Waals surface area contributed by atoms with Crippen molar-refractivity contribution in [2.24, 2.45) is 12.4 Å². The van der Waals surface area contributed by atoms with Crippen molar-refractivity contribution in [3.05, 3.63) is 94.9 Å². The molecule has 0 saturated carbocycles. The molecule has 1 atom stereocenters. The molecule has 5 aromatic rings. The van der Waals surface area contributed by atoms with Crippen LogP contribution in [0.15, 0.2) is 60.8 Å². The number of carbonyl (C=O) groups is 2. The third-order valence-corrected chi connectivity index (χ3v) is 9.77. The number of aromatic amines is 1. The zero-order valence-corrected chi connectivity index (χ0v) is 28.6. The number of carboxylic acids is 1. The summed E-state index contributed by atoms with van der Waals surface area (Å²) in [5, 5.41) is 14.5. The van der Waals surface area contributed by atoms with E-state index in [0.717, 1.165) is 21.9 Å². The first-order valence-corrected chi connectivity index (χ1v) is 16.7. The Balaban J connectivity index is 1.54. The molecular formula is C39H43F2N5O4. The molecule has 1 amide bonds. The number of aryl methyl sites for hydroxylation is 3. The van der Waals surface area contributed by atoms with Gasteiger partial charge >= 0.3 is 5.97 Å². The summed E-state index contributed by atoms with van der Waals surface area (Å²) in [7, 11) is 1.75. The number of aliphatic carboxylic acids is 1. The molecule has 6 rings (SSSR count). The molecule has 262 valence electrons. The van der Waals surface area contributed by atoms with Crippen LogP contribution in [0.25, 0.3) is 22.3 Å². The fraction of sp³-hybridized carbons (Fsp3) is 0.385. The van der Waals surface area contributed by atoms with Gasteiger partial charge in [-0.25, -0.2) is 18.4 Å². The highest BCUT2D eigenvalue weighted by molar-refractivity contribution is 5.86. The molecule has 9 nitrogen and oxygen atoms in total. The maximum Gasteiger partial charge on any atom is 0.303 e. The Morgan fingerprint density at radius 2 is 1.90 bits per heavy atom. The third-order valence-electron chi connectivity index (χ3n) is 9.77. The predicted molar refractivity (Wildman–Crippen MR) is 187 cm³/mol. The predicted octanol–water partition coefficient (Wildman–Crippen LogP) is 7.96. The molecule has 1 unspecified atom stereocenters. The molecule has 0 aliphatic carbocycles. The van der Waals surface area contributed by atoms with Crippen molar-refractivity contribution in [3.8, 4) is 22.9 Å². The number of carbonyl (C=O) groups excluding carboxylic acids is 1. The Morgan fingerprint density at radius 1 is 1.08 bits per heavy atom. The summed E-state index contributed by atoms with van der Waals surface area (Å²) < 4.78 is 63.6. The maximum atomic E-state index is 15.8. The Bertz CT molecular complexity index is 2180. The number of halogens is 2. The van der Waals surface area contributed by atoms with Crippen molar-refractivity contribution < 1.29 is 32.3 Å². The van der Waals surface area contributed by atoms with E-state index in [9.17, 15) is 14.7 Å². The standard InChI is InChI=1S/C39H43F2N5O4/c1-38(2)17-7-18-39(3,25-9-6-8-24(20-25)10-15-34(48)49)37-43-36(46(5)44-37)29-21-26(11-13-30(29)40)50-35-28(12-14-33(47)45(4)23-38)27-16-19-42-32(27)22-31(35)41/h6,8-9,11,13,16,19-22,42H,7,10,12,14-15,17-18,23H2,1-5H3,(H,48,49)/i5D3. The van der Waals surface area contributed by atoms with E-state index >= 15 is 8.78 Å². The molecule has 2 aromatic heterocycles. The highest BCUT2D eigenvalue weighted by Crippen LogP contribution is 2.40. The number of carboxylic acid groups (broad SMARTS) is 1. The van der Waals surface area contributed by atoms with Crippen LogP contribution < -0.4 is 4.74 Å². The number of rotatable bonds is 4. The largest absolute Gasteiger partial charge is 0.481 e. The number of nitrogens with one attached hydrogen (secondary N) is 1. The van der Waals surface area contributed by atoms with E-state index in [0.29, 0.717) is 42.3 Å². The van der Waals surface area contributed by atoms with Gasteiger partial charge in [-0.15, -0.1) is 0 Å². The molecule has 0 fully saturated rings. The van der Waals surface area contributed by atoms with Gasteiger partial charge in [0.2, 0.25) is 5.91 Å². The van der Waals surface area contributed by atoms with Gasteiger partial charge < -0.3 is 19.7 Å². The van der Waals surface area contributed by atoms with E-state index in [-0.39, 0.29) is 65.7 Å². The van der Waals surface area contributed by atoms with Crippen LogP contribution in [-0.2, 0) is 34.8 Å². The van der Waals surface area contributed by atoms with Crippen molar-refractivity contribution >= 4 is 22.8 Å². The first-order valence-electron chi connectivity index (χ1n) is 18.2. The molecule has 0 saturated heterocycles. The van der Waals surface area contributed by atoms with Crippen molar-refractivity contribution in [2.75, 3.05) is 13.6 Å². The summed E-state index contributed by atoms with van der Waals surface area (Å²) in [4.78, 5) is 34.3. The first-order chi connectivity index (χ1) is 24.9. The zero-order valence-electron chi connectivity index (χ0n) is 31.6. The lowest BCUT2D eigenvalue weighted by atomic mass is 9.75. The molecule has 2 N–H and O–H groups in total. The van der Waals surface area contributed by atoms with Crippen LogP contribution >= 0.6 is 0 Å². The van der Waals surface area contributed by atoms with Crippen LogP contribution in [0.5, 0.6) is 11.5 Å². The molecule has 1 aliphatic heterocycles. The average molecular weight is 687 g/mol. The molecule has 0 radical (unpaired) electrons. The Hall–Kier alpha value is -5.06. The normalized spacial score (nSPS) is 19.7. The molecule has 1 aliphatic rings. The van der Waals surface area contributed by atoms with E-state index in [1.807, 2.05) is 31.2 Å². The van der Waals surface area contributed by atoms with Crippen LogP contribution in [0.2, 0.25) is 0 Å². The van der Waals surface area contributed by atoms with Crippen LogP contribution in [-0.4, -0.2) is 55.2 Å². The second kappa shape index (κ2) is 13.7. The van der Waals surface area contributed by atoms with Gasteiger partial charge in [0.15, 0.2) is 23.2 Å². The summed E-state index contributed by atoms with van der Waals surface area (Å²) >= 11 is 0. The molecule has 3 aromatic carbocycles. The molecule has 50 heavy (non-hydrogen) atoms. The van der Waals surface area contributed by atoms with E-state index in [4.69, 9.17) is 13.8 Å². The quantitative estimate of drug-likeness (QED) is 0.198. The Labute approximate surface area is 294 Å². The van der Waals surface area contributed by atoms with Gasteiger partial charge in [0.05, 0.1) is 11.0 Å². The summed E-state index contributed by atoms with van der Waals surface area (Å²) in [6.45, 7) is 3.62. The minimum absolute atomic E-state index is 0.0232. The number of amides is 1. The summed E-state index contributed by atoms with van der Waals surface area (Å²) in [5.74, 6) is -2.76. The van der Waals surface area contributed by atoms with Crippen LogP contribution in [0, 0.1) is 17.0 Å². The summed E-state index contributed by atoms with van der Waals surface area (Å²) in [5.41, 5.74) is 0.955. The summed E-state index contributed by atoms with van der Waals surface area (Å²) in [6.07, 6.45) is 3.89. The third kappa shape index (κ3) is 7.13. The van der Waals surface area contributed by atoms with E-state index in [1.165, 1.54) is 18.2 Å². The lowest BCUT2D eigenvalue weighted by Crippen LogP contribution is -2.36. The topological polar surface area (TPSA) is 113 Å². The number of nitrogens with zero attached hydrogens (tertiary/aromatic N) is 4. The lowest BCUT2D eigenvalue weighted by molar-refractivity contribution is -0.137. The van der Waals surface area contributed by atoms with E-state index < -0.39 is 30.0 Å². The van der Waals surface area contributed by atoms with E-state index in [2.05, 4.69) is 23.9 Å². The van der Waals surface area contributed by atoms with Crippen molar-refractivity contribution in [1.82, 2.24) is 24.6 Å². The second-order valence-electron chi connectivity index (χ2n) is 14.2. The second-order valence-corrected chi connectivity index (χ2v) is 14.2. The highest BCUT2D eigenvalue weighted by Gasteiger charge is 2.35. The minimum Gasteiger partial charge on any atom is -0.481 e. The number of H-pyrrole nitrogens is 1. The first kappa shape index (κ1) is 31.0. The van der Waals surface area contributed by atoms with Crippen molar-refractivity contribution in [1.29, 1.82) is 0 Å². The van der Waals surface area contributed by atoms with Gasteiger partial charge in [0.25, 0.3) is 0 Å². The molecule has 0 spiro atoms. The highest BCUT2D eigenvalue weighted by atomic mass is 19.1.